The maximum Gasteiger partial charge on any atom is 0.221 e. The average molecular weight is 287 g/mol. The zero-order valence-electron chi connectivity index (χ0n) is 12.8. The molecule has 0 aromatic heterocycles. The zero-order valence-corrected chi connectivity index (χ0v) is 12.8. The van der Waals surface area contributed by atoms with Crippen molar-refractivity contribution in [1.82, 2.24) is 15.5 Å². The molecule has 0 radical (unpaired) electrons. The highest BCUT2D eigenvalue weighted by Gasteiger charge is 2.38. The van der Waals surface area contributed by atoms with Crippen molar-refractivity contribution in [2.24, 2.45) is 0 Å². The number of rotatable bonds is 3. The van der Waals surface area contributed by atoms with Crippen LogP contribution in [0.4, 0.5) is 0 Å². The molecule has 21 heavy (non-hydrogen) atoms. The molecule has 2 aliphatic heterocycles. The van der Waals surface area contributed by atoms with Gasteiger partial charge in [-0.1, -0.05) is 24.3 Å². The normalized spacial score (nSPS) is 21.0. The lowest BCUT2D eigenvalue weighted by Gasteiger charge is -2.46. The number of carbonyl (C=O) groups excluding carboxylic acids is 1. The van der Waals surface area contributed by atoms with Crippen molar-refractivity contribution >= 4 is 5.91 Å². The van der Waals surface area contributed by atoms with E-state index in [4.69, 9.17) is 0 Å². The molecule has 1 saturated heterocycles. The van der Waals surface area contributed by atoms with Gasteiger partial charge in [0, 0.05) is 45.2 Å². The Balaban J connectivity index is 1.64. The van der Waals surface area contributed by atoms with E-state index in [0.29, 0.717) is 6.42 Å². The standard InChI is InChI=1S/C17H25N3O/c1-18-16(21)7-11-20-12-8-17(9-13-20)15-5-3-2-4-14(15)6-10-19-17/h2-5,19H,6-13H2,1H3,(H,18,21). The molecule has 0 unspecified atom stereocenters. The first-order chi connectivity index (χ1) is 10.2. The summed E-state index contributed by atoms with van der Waals surface area (Å²) in [6.07, 6.45) is 4.02. The summed E-state index contributed by atoms with van der Waals surface area (Å²) in [7, 11) is 1.70. The topological polar surface area (TPSA) is 44.4 Å². The fourth-order valence-corrected chi connectivity index (χ4v) is 3.73. The first-order valence-electron chi connectivity index (χ1n) is 8.00. The number of nitrogens with zero attached hydrogens (tertiary/aromatic N) is 1. The molecule has 1 aromatic carbocycles. The maximum absolute atomic E-state index is 11.4. The van der Waals surface area contributed by atoms with Gasteiger partial charge < -0.3 is 15.5 Å². The fourth-order valence-electron chi connectivity index (χ4n) is 3.73. The number of piperidine rings is 1. The Hall–Kier alpha value is -1.39. The van der Waals surface area contributed by atoms with E-state index in [0.717, 1.165) is 45.4 Å². The van der Waals surface area contributed by atoms with Gasteiger partial charge >= 0.3 is 0 Å². The lowest BCUT2D eigenvalue weighted by Crippen LogP contribution is -2.54. The Morgan fingerprint density at radius 3 is 2.86 bits per heavy atom. The van der Waals surface area contributed by atoms with Gasteiger partial charge in [0.05, 0.1) is 0 Å². The van der Waals surface area contributed by atoms with Crippen LogP contribution in [0.1, 0.15) is 30.4 Å². The van der Waals surface area contributed by atoms with Crippen LogP contribution in [0, 0.1) is 0 Å². The predicted octanol–water partition coefficient (Wildman–Crippen LogP) is 1.26. The first-order valence-corrected chi connectivity index (χ1v) is 8.00. The third kappa shape index (κ3) is 2.97. The summed E-state index contributed by atoms with van der Waals surface area (Å²) in [5.74, 6) is 0.136. The number of likely N-dealkylation sites (tertiary alicyclic amines) is 1. The van der Waals surface area contributed by atoms with Crippen LogP contribution in [0.25, 0.3) is 0 Å². The van der Waals surface area contributed by atoms with Crippen molar-refractivity contribution in [1.29, 1.82) is 0 Å². The fraction of sp³-hybridized carbons (Fsp3) is 0.588. The van der Waals surface area contributed by atoms with Crippen LogP contribution >= 0.6 is 0 Å². The molecule has 0 aliphatic carbocycles. The number of carbonyl (C=O) groups is 1. The van der Waals surface area contributed by atoms with Crippen LogP contribution in [0.5, 0.6) is 0 Å². The predicted molar refractivity (Wildman–Crippen MR) is 84.2 cm³/mol. The van der Waals surface area contributed by atoms with Gasteiger partial charge in [0.1, 0.15) is 0 Å². The lowest BCUT2D eigenvalue weighted by molar-refractivity contribution is -0.121. The minimum atomic E-state index is 0.136. The molecule has 2 heterocycles. The molecule has 1 fully saturated rings. The molecule has 0 saturated carbocycles. The van der Waals surface area contributed by atoms with Gasteiger partial charge in [0.25, 0.3) is 0 Å². The number of amides is 1. The number of fused-ring (bicyclic) bond motifs is 2. The summed E-state index contributed by atoms with van der Waals surface area (Å²) < 4.78 is 0. The van der Waals surface area contributed by atoms with Crippen LogP contribution < -0.4 is 10.6 Å². The van der Waals surface area contributed by atoms with Gasteiger partial charge in [-0.25, -0.2) is 0 Å². The molecule has 1 aromatic rings. The lowest BCUT2D eigenvalue weighted by atomic mass is 9.76. The van der Waals surface area contributed by atoms with E-state index in [9.17, 15) is 4.79 Å². The van der Waals surface area contributed by atoms with Gasteiger partial charge in [-0.15, -0.1) is 0 Å². The summed E-state index contributed by atoms with van der Waals surface area (Å²) in [6.45, 7) is 4.09. The average Bonchev–Trinajstić information content (AvgIpc) is 2.54. The van der Waals surface area contributed by atoms with Gasteiger partial charge in [-0.3, -0.25) is 4.79 Å². The summed E-state index contributed by atoms with van der Waals surface area (Å²) in [6, 6.07) is 8.87. The molecule has 1 amide bonds. The Kier molecular flexibility index (Phi) is 4.27. The van der Waals surface area contributed by atoms with E-state index in [1.807, 2.05) is 0 Å². The Labute approximate surface area is 126 Å². The van der Waals surface area contributed by atoms with E-state index in [1.54, 1.807) is 7.05 Å². The maximum atomic E-state index is 11.4. The third-order valence-electron chi connectivity index (χ3n) is 5.03. The molecule has 0 bridgehead atoms. The van der Waals surface area contributed by atoms with Crippen molar-refractivity contribution in [3.05, 3.63) is 35.4 Å². The molecular formula is C17H25N3O. The monoisotopic (exact) mass is 287 g/mol. The van der Waals surface area contributed by atoms with Gasteiger partial charge in [0.15, 0.2) is 0 Å². The number of hydrogen-bond donors (Lipinski definition) is 2. The van der Waals surface area contributed by atoms with Gasteiger partial charge in [-0.2, -0.15) is 0 Å². The summed E-state index contributed by atoms with van der Waals surface area (Å²) in [5.41, 5.74) is 3.18. The van der Waals surface area contributed by atoms with E-state index < -0.39 is 0 Å². The zero-order chi connectivity index (χ0) is 14.7. The van der Waals surface area contributed by atoms with Crippen LogP contribution in [0.15, 0.2) is 24.3 Å². The molecule has 0 atom stereocenters. The van der Waals surface area contributed by atoms with E-state index in [-0.39, 0.29) is 11.4 Å². The van der Waals surface area contributed by atoms with Crippen LogP contribution in [0.2, 0.25) is 0 Å². The van der Waals surface area contributed by atoms with Crippen molar-refractivity contribution in [3.8, 4) is 0 Å². The molecule has 4 heteroatoms. The SMILES string of the molecule is CNC(=O)CCN1CCC2(CC1)NCCc1ccccc12. The van der Waals surface area contributed by atoms with E-state index in [2.05, 4.69) is 39.8 Å². The van der Waals surface area contributed by atoms with Crippen molar-refractivity contribution in [3.63, 3.8) is 0 Å². The largest absolute Gasteiger partial charge is 0.359 e. The molecule has 1 spiro atoms. The Morgan fingerprint density at radius 2 is 2.10 bits per heavy atom. The van der Waals surface area contributed by atoms with Crippen LogP contribution in [0.3, 0.4) is 0 Å². The highest BCUT2D eigenvalue weighted by atomic mass is 16.1. The molecule has 114 valence electrons. The second-order valence-corrected chi connectivity index (χ2v) is 6.18. The molecular weight excluding hydrogens is 262 g/mol. The number of benzene rings is 1. The number of hydrogen-bond acceptors (Lipinski definition) is 3. The Morgan fingerprint density at radius 1 is 1.33 bits per heavy atom. The van der Waals surface area contributed by atoms with Crippen molar-refractivity contribution < 1.29 is 4.79 Å². The van der Waals surface area contributed by atoms with E-state index in [1.165, 1.54) is 11.1 Å². The quantitative estimate of drug-likeness (QED) is 0.880. The second kappa shape index (κ2) is 6.16. The minimum absolute atomic E-state index is 0.136. The molecule has 2 aliphatic rings. The van der Waals surface area contributed by atoms with Gasteiger partial charge in [0.2, 0.25) is 5.91 Å². The van der Waals surface area contributed by atoms with Crippen molar-refractivity contribution in [2.45, 2.75) is 31.2 Å². The van der Waals surface area contributed by atoms with E-state index >= 15 is 0 Å². The minimum Gasteiger partial charge on any atom is -0.359 e. The number of nitrogens with one attached hydrogen (secondary N) is 2. The molecule has 4 nitrogen and oxygen atoms in total. The van der Waals surface area contributed by atoms with Crippen molar-refractivity contribution in [2.75, 3.05) is 33.2 Å². The van der Waals surface area contributed by atoms with Crippen LogP contribution in [-0.4, -0.2) is 44.0 Å². The molecule has 2 N–H and O–H groups in total. The van der Waals surface area contributed by atoms with Gasteiger partial charge in [-0.05, 0) is 30.4 Å². The summed E-state index contributed by atoms with van der Waals surface area (Å²) in [4.78, 5) is 13.8. The highest BCUT2D eigenvalue weighted by molar-refractivity contribution is 5.75. The Bertz CT molecular complexity index is 507. The summed E-state index contributed by atoms with van der Waals surface area (Å²) in [5, 5.41) is 6.48. The summed E-state index contributed by atoms with van der Waals surface area (Å²) >= 11 is 0. The third-order valence-corrected chi connectivity index (χ3v) is 5.03. The highest BCUT2D eigenvalue weighted by Crippen LogP contribution is 2.37. The first kappa shape index (κ1) is 14.5. The molecule has 3 rings (SSSR count). The van der Waals surface area contributed by atoms with Crippen LogP contribution in [-0.2, 0) is 16.8 Å². The smallest absolute Gasteiger partial charge is 0.221 e. The second-order valence-electron chi connectivity index (χ2n) is 6.18.